The summed E-state index contributed by atoms with van der Waals surface area (Å²) >= 11 is 0. The van der Waals surface area contributed by atoms with Gasteiger partial charge in [0.15, 0.2) is 0 Å². The van der Waals surface area contributed by atoms with Crippen LogP contribution in [0.1, 0.15) is 25.8 Å². The second-order valence-corrected chi connectivity index (χ2v) is 5.49. The molecule has 1 fully saturated rings. The largest absolute Gasteiger partial charge is 0.493 e. The van der Waals surface area contributed by atoms with Crippen molar-refractivity contribution >= 4 is 0 Å². The van der Waals surface area contributed by atoms with E-state index in [1.54, 1.807) is 23.0 Å². The third-order valence-electron chi connectivity index (χ3n) is 3.59. The molecule has 1 aromatic carbocycles. The number of nitriles is 1. The molecule has 1 aliphatic carbocycles. The summed E-state index contributed by atoms with van der Waals surface area (Å²) in [6, 6.07) is 10.3. The molecule has 0 bridgehead atoms. The van der Waals surface area contributed by atoms with Gasteiger partial charge < -0.3 is 5.11 Å². The van der Waals surface area contributed by atoms with Gasteiger partial charge in [0.05, 0.1) is 29.4 Å². The molecule has 4 heteroatoms. The molecule has 0 saturated heterocycles. The first-order valence-corrected chi connectivity index (χ1v) is 6.17. The average Bonchev–Trinajstić information content (AvgIpc) is 2.86. The lowest BCUT2D eigenvalue weighted by atomic mass is 10.1. The quantitative estimate of drug-likeness (QED) is 0.893. The molecular weight excluding hydrogens is 238 g/mol. The van der Waals surface area contributed by atoms with E-state index in [4.69, 9.17) is 5.26 Å². The lowest BCUT2D eigenvalue weighted by molar-refractivity contribution is 0.417. The topological polar surface area (TPSA) is 61.8 Å². The van der Waals surface area contributed by atoms with E-state index in [2.05, 4.69) is 25.0 Å². The Labute approximate surface area is 111 Å². The minimum Gasteiger partial charge on any atom is -0.493 e. The minimum absolute atomic E-state index is 0.130. The van der Waals surface area contributed by atoms with Crippen molar-refractivity contribution < 1.29 is 5.11 Å². The van der Waals surface area contributed by atoms with Gasteiger partial charge in [-0.25, -0.2) is 4.68 Å². The normalized spacial score (nSPS) is 17.1. The molecule has 1 N–H and O–H groups in total. The summed E-state index contributed by atoms with van der Waals surface area (Å²) < 4.78 is 1.62. The van der Waals surface area contributed by atoms with E-state index in [-0.39, 0.29) is 11.3 Å². The standard InChI is InChI=1S/C15H14N3O/c1-15(2)7-13(15)18-14(19)12(9-17-18)11-5-3-10(8-16)4-6-11/h3-6,9,19H,7H2,1-2H3. The Kier molecular flexibility index (Phi) is 2.39. The molecule has 0 aliphatic heterocycles. The Morgan fingerprint density at radius 2 is 1.95 bits per heavy atom. The van der Waals surface area contributed by atoms with Crippen molar-refractivity contribution in [2.24, 2.45) is 5.41 Å². The second kappa shape index (κ2) is 3.86. The summed E-state index contributed by atoms with van der Waals surface area (Å²) in [5.74, 6) is 0.172. The van der Waals surface area contributed by atoms with Crippen molar-refractivity contribution in [1.29, 1.82) is 5.26 Å². The first-order valence-electron chi connectivity index (χ1n) is 6.17. The molecule has 1 saturated carbocycles. The van der Waals surface area contributed by atoms with Crippen LogP contribution >= 0.6 is 0 Å². The highest BCUT2D eigenvalue weighted by atomic mass is 16.3. The zero-order valence-corrected chi connectivity index (χ0v) is 10.9. The van der Waals surface area contributed by atoms with Gasteiger partial charge >= 0.3 is 0 Å². The van der Waals surface area contributed by atoms with E-state index in [0.29, 0.717) is 11.1 Å². The van der Waals surface area contributed by atoms with Crippen molar-refractivity contribution in [3.63, 3.8) is 0 Å². The second-order valence-electron chi connectivity index (χ2n) is 5.49. The fourth-order valence-corrected chi connectivity index (χ4v) is 2.20. The molecule has 1 heterocycles. The summed E-state index contributed by atoms with van der Waals surface area (Å²) in [5, 5.41) is 23.3. The maximum absolute atomic E-state index is 10.3. The molecule has 4 nitrogen and oxygen atoms in total. The van der Waals surface area contributed by atoms with Crippen molar-refractivity contribution in [1.82, 2.24) is 9.78 Å². The van der Waals surface area contributed by atoms with E-state index in [9.17, 15) is 5.11 Å². The monoisotopic (exact) mass is 252 g/mol. The molecular formula is C15H14N3O. The minimum atomic E-state index is 0.130. The van der Waals surface area contributed by atoms with Gasteiger partial charge in [-0.15, -0.1) is 0 Å². The number of hydrogen-bond donors (Lipinski definition) is 1. The molecule has 1 aliphatic rings. The van der Waals surface area contributed by atoms with Gasteiger partial charge in [-0.2, -0.15) is 10.4 Å². The van der Waals surface area contributed by atoms with Gasteiger partial charge in [0.25, 0.3) is 0 Å². The predicted molar refractivity (Wildman–Crippen MR) is 71.1 cm³/mol. The van der Waals surface area contributed by atoms with Crippen molar-refractivity contribution in [2.75, 3.05) is 0 Å². The third kappa shape index (κ3) is 1.88. The number of aromatic hydroxyl groups is 1. The Bertz CT molecular complexity index is 662. The molecule has 0 spiro atoms. The van der Waals surface area contributed by atoms with Crippen LogP contribution in [0.3, 0.4) is 0 Å². The molecule has 3 rings (SSSR count). The highest BCUT2D eigenvalue weighted by Gasteiger charge is 2.50. The van der Waals surface area contributed by atoms with E-state index in [1.165, 1.54) is 0 Å². The van der Waals surface area contributed by atoms with E-state index in [1.807, 2.05) is 12.1 Å². The first-order chi connectivity index (χ1) is 9.03. The van der Waals surface area contributed by atoms with Gasteiger partial charge in [-0.3, -0.25) is 0 Å². The van der Waals surface area contributed by atoms with Crippen molar-refractivity contribution in [3.05, 3.63) is 42.1 Å². The molecule has 95 valence electrons. The first kappa shape index (κ1) is 11.8. The van der Waals surface area contributed by atoms with Crippen LogP contribution in [0.5, 0.6) is 5.88 Å². The van der Waals surface area contributed by atoms with Crippen LogP contribution in [0.15, 0.2) is 30.5 Å². The summed E-state index contributed by atoms with van der Waals surface area (Å²) in [4.78, 5) is 0. The zero-order valence-electron chi connectivity index (χ0n) is 10.9. The van der Waals surface area contributed by atoms with E-state index < -0.39 is 0 Å². The van der Waals surface area contributed by atoms with Gasteiger partial charge in [0, 0.05) is 0 Å². The van der Waals surface area contributed by atoms with E-state index in [0.717, 1.165) is 18.0 Å². The van der Waals surface area contributed by atoms with Gasteiger partial charge in [0.1, 0.15) is 0 Å². The van der Waals surface area contributed by atoms with Crippen molar-refractivity contribution in [3.8, 4) is 23.1 Å². The SMILES string of the molecule is CC1(C)C[C]1n1ncc(-c2ccc(C#N)cc2)c1O. The molecule has 2 aromatic rings. The van der Waals surface area contributed by atoms with Crippen LogP contribution in [0.4, 0.5) is 0 Å². The lowest BCUT2D eigenvalue weighted by Crippen LogP contribution is -2.02. The third-order valence-corrected chi connectivity index (χ3v) is 3.59. The molecule has 0 amide bonds. The van der Waals surface area contributed by atoms with E-state index >= 15 is 0 Å². The lowest BCUT2D eigenvalue weighted by Gasteiger charge is -2.05. The molecule has 1 radical (unpaired) electrons. The summed E-state index contributed by atoms with van der Waals surface area (Å²) in [6.45, 7) is 4.26. The van der Waals surface area contributed by atoms with Crippen LogP contribution < -0.4 is 0 Å². The Morgan fingerprint density at radius 3 is 2.47 bits per heavy atom. The maximum Gasteiger partial charge on any atom is 0.218 e. The summed E-state index contributed by atoms with van der Waals surface area (Å²) in [5.41, 5.74) is 2.29. The maximum atomic E-state index is 10.3. The average molecular weight is 252 g/mol. The zero-order chi connectivity index (χ0) is 13.6. The number of rotatable bonds is 2. The molecule has 1 aromatic heterocycles. The smallest absolute Gasteiger partial charge is 0.218 e. The number of benzene rings is 1. The Morgan fingerprint density at radius 1 is 1.32 bits per heavy atom. The fraction of sp³-hybridized carbons (Fsp3) is 0.267. The van der Waals surface area contributed by atoms with Gasteiger partial charge in [-0.05, 0) is 29.5 Å². The Balaban J connectivity index is 1.96. The van der Waals surface area contributed by atoms with Gasteiger partial charge in [0.2, 0.25) is 5.88 Å². The molecule has 0 atom stereocenters. The van der Waals surface area contributed by atoms with Crippen molar-refractivity contribution in [2.45, 2.75) is 20.3 Å². The Hall–Kier alpha value is -2.28. The van der Waals surface area contributed by atoms with Crippen LogP contribution in [-0.2, 0) is 0 Å². The highest BCUT2D eigenvalue weighted by molar-refractivity contribution is 5.68. The van der Waals surface area contributed by atoms with Crippen LogP contribution in [0.2, 0.25) is 0 Å². The predicted octanol–water partition coefficient (Wildman–Crippen LogP) is 2.94. The number of hydrogen-bond acceptors (Lipinski definition) is 3. The van der Waals surface area contributed by atoms with Crippen LogP contribution in [-0.4, -0.2) is 14.9 Å². The van der Waals surface area contributed by atoms with Crippen LogP contribution in [0, 0.1) is 22.8 Å². The summed E-state index contributed by atoms with van der Waals surface area (Å²) in [7, 11) is 0. The number of aromatic nitrogens is 2. The summed E-state index contributed by atoms with van der Waals surface area (Å²) in [6.07, 6.45) is 2.62. The highest BCUT2D eigenvalue weighted by Crippen LogP contribution is 2.55. The van der Waals surface area contributed by atoms with Gasteiger partial charge in [-0.1, -0.05) is 26.0 Å². The number of nitrogens with zero attached hydrogens (tertiary/aromatic N) is 3. The molecule has 0 unspecified atom stereocenters. The fourth-order valence-electron chi connectivity index (χ4n) is 2.20. The van der Waals surface area contributed by atoms with Crippen LogP contribution in [0.25, 0.3) is 11.1 Å². The molecule has 19 heavy (non-hydrogen) atoms.